The van der Waals surface area contributed by atoms with Gasteiger partial charge in [-0.3, -0.25) is 9.59 Å². The third kappa shape index (κ3) is 5.59. The zero-order valence-electron chi connectivity index (χ0n) is 16.9. The Hall–Kier alpha value is -1.96. The molecule has 1 amide bonds. The molecule has 1 saturated heterocycles. The van der Waals surface area contributed by atoms with Crippen molar-refractivity contribution >= 4 is 11.7 Å². The number of alkyl halides is 3. The summed E-state index contributed by atoms with van der Waals surface area (Å²) in [5.41, 5.74) is 4.81. The van der Waals surface area contributed by atoms with E-state index in [-0.39, 0.29) is 48.0 Å². The molecule has 2 aliphatic rings. The van der Waals surface area contributed by atoms with E-state index in [1.807, 2.05) is 4.90 Å². The molecule has 1 heterocycles. The molecule has 0 unspecified atom stereocenters. The van der Waals surface area contributed by atoms with E-state index in [2.05, 4.69) is 0 Å². The minimum atomic E-state index is -4.70. The van der Waals surface area contributed by atoms with Crippen LogP contribution in [0.5, 0.6) is 0 Å². The number of rotatable bonds is 5. The first-order valence-electron chi connectivity index (χ1n) is 10.6. The molecule has 2 fully saturated rings. The first-order chi connectivity index (χ1) is 14.1. The standard InChI is InChI=1S/C22H28F4N2O2/c23-16-6-5-15(19(13-16)22(24,25)26)12-17(29)11-14-7-9-28(10-8-14)21(30)18-3-1-2-4-20(18)27/h5-6,13-14,18,20H,1-4,7-12,27H2/t18-,20-/m0/s1. The van der Waals surface area contributed by atoms with Gasteiger partial charge in [0.1, 0.15) is 11.6 Å². The average molecular weight is 428 g/mol. The third-order valence-electron chi connectivity index (χ3n) is 6.34. The minimum Gasteiger partial charge on any atom is -0.342 e. The van der Waals surface area contributed by atoms with Gasteiger partial charge in [-0.1, -0.05) is 18.9 Å². The van der Waals surface area contributed by atoms with E-state index in [9.17, 15) is 27.2 Å². The van der Waals surface area contributed by atoms with E-state index < -0.39 is 17.6 Å². The van der Waals surface area contributed by atoms with Crippen LogP contribution < -0.4 is 5.73 Å². The number of piperidine rings is 1. The number of nitrogens with two attached hydrogens (primary N) is 1. The zero-order chi connectivity index (χ0) is 21.9. The van der Waals surface area contributed by atoms with Gasteiger partial charge < -0.3 is 10.6 Å². The first kappa shape index (κ1) is 22.7. The second-order valence-corrected chi connectivity index (χ2v) is 8.54. The second kappa shape index (κ2) is 9.45. The van der Waals surface area contributed by atoms with Crippen molar-refractivity contribution in [2.24, 2.45) is 17.6 Å². The lowest BCUT2D eigenvalue weighted by atomic mass is 9.83. The molecule has 0 bridgehead atoms. The molecular formula is C22H28F4N2O2. The zero-order valence-corrected chi connectivity index (χ0v) is 16.9. The maximum atomic E-state index is 13.2. The fourth-order valence-electron chi connectivity index (χ4n) is 4.63. The van der Waals surface area contributed by atoms with E-state index >= 15 is 0 Å². The summed E-state index contributed by atoms with van der Waals surface area (Å²) in [4.78, 5) is 26.9. The Kier molecular flexibility index (Phi) is 7.16. The van der Waals surface area contributed by atoms with Crippen molar-refractivity contribution in [2.75, 3.05) is 13.1 Å². The van der Waals surface area contributed by atoms with Gasteiger partial charge in [-0.05, 0) is 49.3 Å². The van der Waals surface area contributed by atoms with Gasteiger partial charge >= 0.3 is 6.18 Å². The number of likely N-dealkylation sites (tertiary alicyclic amines) is 1. The number of halogens is 4. The Bertz CT molecular complexity index is 773. The smallest absolute Gasteiger partial charge is 0.342 e. The van der Waals surface area contributed by atoms with Crippen molar-refractivity contribution in [3.63, 3.8) is 0 Å². The van der Waals surface area contributed by atoms with Gasteiger partial charge in [0.2, 0.25) is 5.91 Å². The lowest BCUT2D eigenvalue weighted by Gasteiger charge is -2.37. The number of hydrogen-bond donors (Lipinski definition) is 1. The number of carbonyl (C=O) groups excluding carboxylic acids is 2. The molecule has 1 saturated carbocycles. The maximum Gasteiger partial charge on any atom is 0.416 e. The van der Waals surface area contributed by atoms with Gasteiger partial charge in [0.25, 0.3) is 0 Å². The number of carbonyl (C=O) groups is 2. The maximum absolute atomic E-state index is 13.2. The summed E-state index contributed by atoms with van der Waals surface area (Å²) in [7, 11) is 0. The van der Waals surface area contributed by atoms with Crippen LogP contribution in [-0.4, -0.2) is 35.7 Å². The van der Waals surface area contributed by atoms with Crippen molar-refractivity contribution in [3.8, 4) is 0 Å². The number of nitrogens with zero attached hydrogens (tertiary/aromatic N) is 1. The molecule has 30 heavy (non-hydrogen) atoms. The Morgan fingerprint density at radius 3 is 2.37 bits per heavy atom. The molecule has 2 N–H and O–H groups in total. The highest BCUT2D eigenvalue weighted by Crippen LogP contribution is 2.33. The lowest BCUT2D eigenvalue weighted by molar-refractivity contribution is -0.139. The SMILES string of the molecule is N[C@H]1CCCC[C@@H]1C(=O)N1CCC(CC(=O)Cc2ccc(F)cc2C(F)(F)F)CC1. The predicted molar refractivity (Wildman–Crippen MR) is 104 cm³/mol. The fraction of sp³-hybridized carbons (Fsp3) is 0.636. The molecule has 0 spiro atoms. The number of ketones is 1. The monoisotopic (exact) mass is 428 g/mol. The van der Waals surface area contributed by atoms with Crippen LogP contribution in [0.4, 0.5) is 17.6 Å². The lowest BCUT2D eigenvalue weighted by Crippen LogP contribution is -2.48. The predicted octanol–water partition coefficient (Wildman–Crippen LogP) is 4.10. The summed E-state index contributed by atoms with van der Waals surface area (Å²) >= 11 is 0. The molecule has 1 aliphatic carbocycles. The van der Waals surface area contributed by atoms with E-state index in [4.69, 9.17) is 5.73 Å². The molecule has 1 aliphatic heterocycles. The van der Waals surface area contributed by atoms with Crippen LogP contribution in [0.3, 0.4) is 0 Å². The molecular weight excluding hydrogens is 400 g/mol. The summed E-state index contributed by atoms with van der Waals surface area (Å²) in [5, 5.41) is 0. The second-order valence-electron chi connectivity index (χ2n) is 8.54. The Morgan fingerprint density at radius 2 is 1.73 bits per heavy atom. The average Bonchev–Trinajstić information content (AvgIpc) is 2.69. The molecule has 166 valence electrons. The van der Waals surface area contributed by atoms with E-state index in [1.165, 1.54) is 0 Å². The number of Topliss-reactive ketones (excluding diaryl/α,β-unsaturated/α-hetero) is 1. The Balaban J connectivity index is 1.52. The number of hydrogen-bond acceptors (Lipinski definition) is 3. The van der Waals surface area contributed by atoms with Gasteiger partial charge in [0.15, 0.2) is 0 Å². The highest BCUT2D eigenvalue weighted by Gasteiger charge is 2.35. The van der Waals surface area contributed by atoms with Crippen LogP contribution in [0.25, 0.3) is 0 Å². The van der Waals surface area contributed by atoms with Crippen LogP contribution in [0.15, 0.2) is 18.2 Å². The normalized spacial score (nSPS) is 23.4. The van der Waals surface area contributed by atoms with Gasteiger partial charge in [-0.25, -0.2) is 4.39 Å². The molecule has 8 heteroatoms. The topological polar surface area (TPSA) is 63.4 Å². The van der Waals surface area contributed by atoms with Crippen molar-refractivity contribution < 1.29 is 27.2 Å². The summed E-state index contributed by atoms with van der Waals surface area (Å²) in [6.45, 7) is 1.09. The van der Waals surface area contributed by atoms with Crippen molar-refractivity contribution in [3.05, 3.63) is 35.1 Å². The van der Waals surface area contributed by atoms with Crippen LogP contribution in [0, 0.1) is 17.7 Å². The highest BCUT2D eigenvalue weighted by molar-refractivity contribution is 5.82. The van der Waals surface area contributed by atoms with Crippen molar-refractivity contribution in [1.29, 1.82) is 0 Å². The van der Waals surface area contributed by atoms with Gasteiger partial charge in [0, 0.05) is 32.0 Å². The summed E-state index contributed by atoms with van der Waals surface area (Å²) in [6.07, 6.45) is 0.137. The molecule has 2 atom stereocenters. The van der Waals surface area contributed by atoms with Gasteiger partial charge in [-0.2, -0.15) is 13.2 Å². The Labute approximate surface area is 173 Å². The number of benzene rings is 1. The summed E-state index contributed by atoms with van der Waals surface area (Å²) in [6, 6.07) is 2.31. The van der Waals surface area contributed by atoms with Crippen LogP contribution in [0.1, 0.15) is 56.1 Å². The van der Waals surface area contributed by atoms with Crippen molar-refractivity contribution in [2.45, 2.75) is 63.6 Å². The van der Waals surface area contributed by atoms with E-state index in [1.54, 1.807) is 0 Å². The molecule has 4 nitrogen and oxygen atoms in total. The van der Waals surface area contributed by atoms with E-state index in [0.29, 0.717) is 32.0 Å². The summed E-state index contributed by atoms with van der Waals surface area (Å²) < 4.78 is 52.6. The number of amides is 1. The van der Waals surface area contributed by atoms with Crippen LogP contribution in [0.2, 0.25) is 0 Å². The van der Waals surface area contributed by atoms with Crippen LogP contribution in [-0.2, 0) is 22.2 Å². The summed E-state index contributed by atoms with van der Waals surface area (Å²) in [5.74, 6) is -1.28. The quantitative estimate of drug-likeness (QED) is 0.719. The molecule has 0 radical (unpaired) electrons. The highest BCUT2D eigenvalue weighted by atomic mass is 19.4. The van der Waals surface area contributed by atoms with E-state index in [0.717, 1.165) is 37.8 Å². The van der Waals surface area contributed by atoms with Crippen molar-refractivity contribution in [1.82, 2.24) is 4.90 Å². The van der Waals surface area contributed by atoms with Gasteiger partial charge in [0.05, 0.1) is 11.5 Å². The van der Waals surface area contributed by atoms with Gasteiger partial charge in [-0.15, -0.1) is 0 Å². The fourth-order valence-corrected chi connectivity index (χ4v) is 4.63. The van der Waals surface area contributed by atoms with Crippen LogP contribution >= 0.6 is 0 Å². The minimum absolute atomic E-state index is 0.0383. The third-order valence-corrected chi connectivity index (χ3v) is 6.34. The molecule has 1 aromatic carbocycles. The molecule has 3 rings (SSSR count). The first-order valence-corrected chi connectivity index (χ1v) is 10.6. The largest absolute Gasteiger partial charge is 0.416 e. The molecule has 0 aromatic heterocycles. The Morgan fingerprint density at radius 1 is 1.07 bits per heavy atom. The molecule has 1 aromatic rings.